The monoisotopic (exact) mass is 339 g/mol. The minimum Gasteiger partial charge on any atom is -0.395 e. The van der Waals surface area contributed by atoms with Gasteiger partial charge in [0.1, 0.15) is 5.69 Å². The van der Waals surface area contributed by atoms with Crippen LogP contribution in [0.5, 0.6) is 0 Å². The summed E-state index contributed by atoms with van der Waals surface area (Å²) in [6, 6.07) is 5.15. The molecule has 0 spiro atoms. The number of aliphatic hydroxyl groups excluding tert-OH is 1. The second-order valence-electron chi connectivity index (χ2n) is 4.74. The van der Waals surface area contributed by atoms with Crippen LogP contribution in [0.1, 0.15) is 21.7 Å². The van der Waals surface area contributed by atoms with E-state index in [1.807, 2.05) is 0 Å². The fraction of sp³-hybridized carbons (Fsp3) is 0.267. The summed E-state index contributed by atoms with van der Waals surface area (Å²) in [7, 11) is 0. The van der Waals surface area contributed by atoms with Crippen LogP contribution < -0.4 is 0 Å². The zero-order chi connectivity index (χ0) is 16.1. The van der Waals surface area contributed by atoms with Crippen molar-refractivity contribution in [2.24, 2.45) is 0 Å². The predicted octanol–water partition coefficient (Wildman–Crippen LogP) is 2.73. The number of hydrogen-bond acceptors (Lipinski definition) is 4. The summed E-state index contributed by atoms with van der Waals surface area (Å²) in [5.74, 6) is -0.298. The molecule has 0 fully saturated rings. The van der Waals surface area contributed by atoms with Gasteiger partial charge in [-0.3, -0.25) is 9.78 Å². The molecule has 0 aliphatic carbocycles. The molecule has 0 aliphatic heterocycles. The molecule has 1 aromatic carbocycles. The van der Waals surface area contributed by atoms with Crippen molar-refractivity contribution in [3.63, 3.8) is 0 Å². The zero-order valence-electron chi connectivity index (χ0n) is 12.0. The number of aliphatic hydroxyl groups is 1. The first-order chi connectivity index (χ1) is 10.5. The molecule has 0 saturated heterocycles. The number of aromatic nitrogens is 2. The number of carbonyl (C=O) groups excluding carboxylic acids is 1. The van der Waals surface area contributed by atoms with Crippen molar-refractivity contribution in [1.82, 2.24) is 14.9 Å². The van der Waals surface area contributed by atoms with Gasteiger partial charge in [-0.25, -0.2) is 4.98 Å². The molecule has 0 saturated carbocycles. The Labute approximate surface area is 138 Å². The van der Waals surface area contributed by atoms with E-state index < -0.39 is 0 Å². The molecule has 1 aromatic heterocycles. The summed E-state index contributed by atoms with van der Waals surface area (Å²) < 4.78 is 0. The molecule has 7 heteroatoms. The van der Waals surface area contributed by atoms with Crippen molar-refractivity contribution in [2.45, 2.75) is 13.5 Å². The van der Waals surface area contributed by atoms with Crippen molar-refractivity contribution >= 4 is 29.1 Å². The maximum absolute atomic E-state index is 12.5. The average molecular weight is 340 g/mol. The fourth-order valence-electron chi connectivity index (χ4n) is 1.90. The molecular formula is C15H15Cl2N3O2. The first-order valence-corrected chi connectivity index (χ1v) is 7.39. The highest BCUT2D eigenvalue weighted by atomic mass is 35.5. The van der Waals surface area contributed by atoms with E-state index in [4.69, 9.17) is 23.2 Å². The van der Waals surface area contributed by atoms with Crippen LogP contribution in [0, 0.1) is 6.92 Å². The number of amides is 1. The van der Waals surface area contributed by atoms with Crippen molar-refractivity contribution in [1.29, 1.82) is 0 Å². The second kappa shape index (κ2) is 7.54. The van der Waals surface area contributed by atoms with Gasteiger partial charge in [0.25, 0.3) is 5.91 Å². The summed E-state index contributed by atoms with van der Waals surface area (Å²) in [6.45, 7) is 2.13. The minimum atomic E-state index is -0.298. The normalized spacial score (nSPS) is 10.5. The molecule has 0 bridgehead atoms. The van der Waals surface area contributed by atoms with Gasteiger partial charge in [-0.15, -0.1) is 0 Å². The molecule has 1 amide bonds. The number of halogens is 2. The number of rotatable bonds is 5. The molecule has 22 heavy (non-hydrogen) atoms. The highest BCUT2D eigenvalue weighted by Crippen LogP contribution is 2.23. The Morgan fingerprint density at radius 2 is 2.00 bits per heavy atom. The Morgan fingerprint density at radius 3 is 2.59 bits per heavy atom. The van der Waals surface area contributed by atoms with Crippen molar-refractivity contribution in [2.75, 3.05) is 13.2 Å². The van der Waals surface area contributed by atoms with Crippen LogP contribution >= 0.6 is 23.2 Å². The van der Waals surface area contributed by atoms with Gasteiger partial charge < -0.3 is 10.0 Å². The molecule has 1 heterocycles. The molecule has 1 N–H and O–H groups in total. The Kier molecular flexibility index (Phi) is 5.71. The van der Waals surface area contributed by atoms with Crippen LogP contribution in [-0.2, 0) is 6.54 Å². The molecular weight excluding hydrogens is 325 g/mol. The molecule has 2 aromatic rings. The quantitative estimate of drug-likeness (QED) is 0.909. The molecule has 0 aliphatic rings. The highest BCUT2D eigenvalue weighted by Gasteiger charge is 2.17. The number of benzene rings is 1. The van der Waals surface area contributed by atoms with Crippen molar-refractivity contribution in [3.05, 3.63) is 57.6 Å². The molecule has 0 unspecified atom stereocenters. The zero-order valence-corrected chi connectivity index (χ0v) is 13.5. The largest absolute Gasteiger partial charge is 0.395 e. The van der Waals surface area contributed by atoms with Gasteiger partial charge >= 0.3 is 0 Å². The van der Waals surface area contributed by atoms with Crippen LogP contribution in [0.4, 0.5) is 0 Å². The maximum Gasteiger partial charge on any atom is 0.274 e. The lowest BCUT2D eigenvalue weighted by Crippen LogP contribution is -2.33. The van der Waals surface area contributed by atoms with Crippen LogP contribution in [0.2, 0.25) is 10.0 Å². The van der Waals surface area contributed by atoms with E-state index in [-0.39, 0.29) is 24.8 Å². The SMILES string of the molecule is Cc1cnc(C(=O)N(CCO)Cc2ccc(Cl)c(Cl)c2)cn1. The van der Waals surface area contributed by atoms with Gasteiger partial charge in [0.2, 0.25) is 0 Å². The van der Waals surface area contributed by atoms with Gasteiger partial charge in [0.15, 0.2) is 0 Å². The summed E-state index contributed by atoms with van der Waals surface area (Å²) in [5.41, 5.74) is 1.78. The van der Waals surface area contributed by atoms with Gasteiger partial charge in [-0.2, -0.15) is 0 Å². The number of nitrogens with zero attached hydrogens (tertiary/aromatic N) is 3. The van der Waals surface area contributed by atoms with Crippen LogP contribution in [0.25, 0.3) is 0 Å². The third kappa shape index (κ3) is 4.16. The maximum atomic E-state index is 12.5. The van der Waals surface area contributed by atoms with Crippen LogP contribution in [-0.4, -0.2) is 39.0 Å². The Balaban J connectivity index is 2.19. The molecule has 2 rings (SSSR count). The third-order valence-corrected chi connectivity index (χ3v) is 3.75. The summed E-state index contributed by atoms with van der Waals surface area (Å²) >= 11 is 11.9. The lowest BCUT2D eigenvalue weighted by Gasteiger charge is -2.21. The van der Waals surface area contributed by atoms with Crippen molar-refractivity contribution in [3.8, 4) is 0 Å². The van der Waals surface area contributed by atoms with E-state index in [0.717, 1.165) is 11.3 Å². The molecule has 0 atom stereocenters. The summed E-state index contributed by atoms with van der Waals surface area (Å²) in [5, 5.41) is 10.1. The molecule has 116 valence electrons. The molecule has 0 radical (unpaired) electrons. The van der Waals surface area contributed by atoms with Gasteiger partial charge in [-0.05, 0) is 24.6 Å². The van der Waals surface area contributed by atoms with Gasteiger partial charge in [0.05, 0.1) is 28.5 Å². The highest BCUT2D eigenvalue weighted by molar-refractivity contribution is 6.42. The van der Waals surface area contributed by atoms with Gasteiger partial charge in [0, 0.05) is 19.3 Å². The smallest absolute Gasteiger partial charge is 0.274 e. The topological polar surface area (TPSA) is 66.3 Å². The second-order valence-corrected chi connectivity index (χ2v) is 5.56. The van der Waals surface area contributed by atoms with Crippen molar-refractivity contribution < 1.29 is 9.90 Å². The Hall–Kier alpha value is -1.69. The van der Waals surface area contributed by atoms with Crippen LogP contribution in [0.15, 0.2) is 30.6 Å². The summed E-state index contributed by atoms with van der Waals surface area (Å²) in [6.07, 6.45) is 2.96. The number of carbonyl (C=O) groups is 1. The predicted molar refractivity (Wildman–Crippen MR) is 85.1 cm³/mol. The standard InChI is InChI=1S/C15H15Cl2N3O2/c1-10-7-19-14(8-18-10)15(22)20(4-5-21)9-11-2-3-12(16)13(17)6-11/h2-3,6-8,21H,4-5,9H2,1H3. The third-order valence-electron chi connectivity index (χ3n) is 3.01. The van der Waals surface area contributed by atoms with E-state index in [2.05, 4.69) is 9.97 Å². The van der Waals surface area contributed by atoms with E-state index in [1.165, 1.54) is 17.3 Å². The Bertz CT molecular complexity index is 662. The van der Waals surface area contributed by atoms with E-state index in [9.17, 15) is 9.90 Å². The lowest BCUT2D eigenvalue weighted by molar-refractivity contribution is 0.0701. The van der Waals surface area contributed by atoms with E-state index >= 15 is 0 Å². The van der Waals surface area contributed by atoms with E-state index in [0.29, 0.717) is 16.6 Å². The number of hydrogen-bond donors (Lipinski definition) is 1. The fourth-order valence-corrected chi connectivity index (χ4v) is 2.22. The van der Waals surface area contributed by atoms with Gasteiger partial charge in [-0.1, -0.05) is 29.3 Å². The first kappa shape index (κ1) is 16.7. The Morgan fingerprint density at radius 1 is 1.23 bits per heavy atom. The van der Waals surface area contributed by atoms with E-state index in [1.54, 1.807) is 25.1 Å². The first-order valence-electron chi connectivity index (χ1n) is 6.64. The molecule has 5 nitrogen and oxygen atoms in total. The lowest BCUT2D eigenvalue weighted by atomic mass is 10.2. The summed E-state index contributed by atoms with van der Waals surface area (Å²) in [4.78, 5) is 22.1. The average Bonchev–Trinajstić information content (AvgIpc) is 2.50. The number of aryl methyl sites for hydroxylation is 1. The minimum absolute atomic E-state index is 0.146. The van der Waals surface area contributed by atoms with Crippen LogP contribution in [0.3, 0.4) is 0 Å².